The molecular formula is C14H18F. The number of benzene rings is 1. The molecule has 0 aromatic heterocycles. The highest BCUT2D eigenvalue weighted by molar-refractivity contribution is 5.18. The van der Waals surface area contributed by atoms with E-state index in [2.05, 4.69) is 6.42 Å². The molecule has 1 aromatic carbocycles. The summed E-state index contributed by atoms with van der Waals surface area (Å²) >= 11 is 0. The van der Waals surface area contributed by atoms with Gasteiger partial charge in [0.25, 0.3) is 0 Å². The SMILES string of the molecule is Fc1cccc(C[CH]C2CCCCC2)c1. The lowest BCUT2D eigenvalue weighted by Gasteiger charge is -2.20. The van der Waals surface area contributed by atoms with E-state index in [0.29, 0.717) is 0 Å². The van der Waals surface area contributed by atoms with Crippen molar-refractivity contribution in [2.45, 2.75) is 38.5 Å². The third kappa shape index (κ3) is 3.33. The summed E-state index contributed by atoms with van der Waals surface area (Å²) < 4.78 is 12.9. The van der Waals surface area contributed by atoms with Crippen molar-refractivity contribution in [2.24, 2.45) is 5.92 Å². The van der Waals surface area contributed by atoms with Crippen LogP contribution in [0.15, 0.2) is 24.3 Å². The molecule has 1 radical (unpaired) electrons. The second-order valence-electron chi connectivity index (χ2n) is 4.47. The summed E-state index contributed by atoms with van der Waals surface area (Å²) in [5.74, 6) is 0.645. The Bertz CT molecular complexity index is 300. The molecule has 1 heteroatoms. The predicted molar refractivity (Wildman–Crippen MR) is 61.0 cm³/mol. The third-order valence-corrected chi connectivity index (χ3v) is 3.23. The van der Waals surface area contributed by atoms with Crippen LogP contribution in [-0.4, -0.2) is 0 Å². The van der Waals surface area contributed by atoms with Gasteiger partial charge in [0.2, 0.25) is 0 Å². The minimum Gasteiger partial charge on any atom is -0.207 e. The molecule has 0 N–H and O–H groups in total. The first kappa shape index (κ1) is 10.7. The number of hydrogen-bond acceptors (Lipinski definition) is 0. The zero-order valence-corrected chi connectivity index (χ0v) is 9.08. The molecule has 1 aromatic rings. The minimum atomic E-state index is -0.121. The van der Waals surface area contributed by atoms with Gasteiger partial charge in [-0.1, -0.05) is 44.2 Å². The van der Waals surface area contributed by atoms with Crippen molar-refractivity contribution in [1.82, 2.24) is 0 Å². The molecule has 81 valence electrons. The van der Waals surface area contributed by atoms with Gasteiger partial charge in [-0.15, -0.1) is 0 Å². The highest BCUT2D eigenvalue weighted by Gasteiger charge is 2.13. The lowest BCUT2D eigenvalue weighted by molar-refractivity contribution is 0.394. The van der Waals surface area contributed by atoms with Crippen LogP contribution in [0.5, 0.6) is 0 Å². The zero-order chi connectivity index (χ0) is 10.5. The molecule has 0 bridgehead atoms. The van der Waals surface area contributed by atoms with E-state index >= 15 is 0 Å². The van der Waals surface area contributed by atoms with Crippen LogP contribution in [0, 0.1) is 18.2 Å². The molecule has 1 aliphatic rings. The van der Waals surface area contributed by atoms with Crippen LogP contribution in [0.4, 0.5) is 4.39 Å². The molecule has 0 spiro atoms. The molecule has 15 heavy (non-hydrogen) atoms. The van der Waals surface area contributed by atoms with Crippen molar-refractivity contribution in [3.63, 3.8) is 0 Å². The fraction of sp³-hybridized carbons (Fsp3) is 0.500. The molecule has 0 unspecified atom stereocenters. The molecule has 0 aliphatic heterocycles. The Morgan fingerprint density at radius 2 is 2.00 bits per heavy atom. The topological polar surface area (TPSA) is 0 Å². The van der Waals surface area contributed by atoms with E-state index in [1.807, 2.05) is 6.07 Å². The van der Waals surface area contributed by atoms with Gasteiger partial charge in [0, 0.05) is 0 Å². The largest absolute Gasteiger partial charge is 0.207 e. The molecule has 1 aliphatic carbocycles. The van der Waals surface area contributed by atoms with E-state index in [9.17, 15) is 4.39 Å². The van der Waals surface area contributed by atoms with E-state index in [1.165, 1.54) is 38.2 Å². The van der Waals surface area contributed by atoms with Crippen molar-refractivity contribution in [3.8, 4) is 0 Å². The Morgan fingerprint density at radius 1 is 1.20 bits per heavy atom. The summed E-state index contributed by atoms with van der Waals surface area (Å²) in [4.78, 5) is 0. The van der Waals surface area contributed by atoms with Gasteiger partial charge in [-0.25, -0.2) is 4.39 Å². The van der Waals surface area contributed by atoms with Crippen LogP contribution in [0.25, 0.3) is 0 Å². The Hall–Kier alpha value is -0.850. The molecular weight excluding hydrogens is 187 g/mol. The van der Waals surface area contributed by atoms with Crippen LogP contribution in [-0.2, 0) is 6.42 Å². The lowest BCUT2D eigenvalue weighted by Crippen LogP contribution is -2.08. The molecule has 1 fully saturated rings. The Kier molecular flexibility index (Phi) is 3.76. The highest BCUT2D eigenvalue weighted by atomic mass is 19.1. The Balaban J connectivity index is 1.81. The number of hydrogen-bond donors (Lipinski definition) is 0. The van der Waals surface area contributed by atoms with Crippen LogP contribution in [0.2, 0.25) is 0 Å². The van der Waals surface area contributed by atoms with Crippen molar-refractivity contribution >= 4 is 0 Å². The van der Waals surface area contributed by atoms with Crippen molar-refractivity contribution < 1.29 is 4.39 Å². The third-order valence-electron chi connectivity index (χ3n) is 3.23. The monoisotopic (exact) mass is 205 g/mol. The molecule has 0 atom stereocenters. The predicted octanol–water partition coefficient (Wildman–Crippen LogP) is 4.15. The van der Waals surface area contributed by atoms with Crippen LogP contribution < -0.4 is 0 Å². The Morgan fingerprint density at radius 3 is 2.73 bits per heavy atom. The van der Waals surface area contributed by atoms with Crippen LogP contribution in [0.3, 0.4) is 0 Å². The summed E-state index contributed by atoms with van der Waals surface area (Å²) in [6, 6.07) is 6.94. The fourth-order valence-corrected chi connectivity index (χ4v) is 2.34. The molecule has 1 saturated carbocycles. The van der Waals surface area contributed by atoms with Gasteiger partial charge in [0.05, 0.1) is 0 Å². The standard InChI is InChI=1S/C14H18F/c15-14-8-4-7-13(11-14)10-9-12-5-2-1-3-6-12/h4,7-9,11-12H,1-3,5-6,10H2. The van der Waals surface area contributed by atoms with Crippen molar-refractivity contribution in [2.75, 3.05) is 0 Å². The van der Waals surface area contributed by atoms with E-state index in [4.69, 9.17) is 0 Å². The maximum Gasteiger partial charge on any atom is 0.123 e. The molecule has 0 nitrogen and oxygen atoms in total. The van der Waals surface area contributed by atoms with E-state index in [-0.39, 0.29) is 5.82 Å². The molecule has 0 saturated heterocycles. The van der Waals surface area contributed by atoms with Gasteiger partial charge in [-0.2, -0.15) is 0 Å². The smallest absolute Gasteiger partial charge is 0.123 e. The normalized spacial score (nSPS) is 17.9. The summed E-state index contributed by atoms with van der Waals surface area (Å²) in [6.07, 6.45) is 10.1. The quantitative estimate of drug-likeness (QED) is 0.695. The first-order valence-electron chi connectivity index (χ1n) is 5.92. The first-order valence-corrected chi connectivity index (χ1v) is 5.92. The van der Waals surface area contributed by atoms with Gasteiger partial charge < -0.3 is 0 Å². The van der Waals surface area contributed by atoms with E-state index in [0.717, 1.165) is 17.9 Å². The van der Waals surface area contributed by atoms with E-state index < -0.39 is 0 Å². The maximum atomic E-state index is 12.9. The van der Waals surface area contributed by atoms with Crippen molar-refractivity contribution in [3.05, 3.63) is 42.1 Å². The number of rotatable bonds is 3. The Labute approximate surface area is 91.5 Å². The maximum absolute atomic E-state index is 12.9. The first-order chi connectivity index (χ1) is 7.34. The number of halogens is 1. The van der Waals surface area contributed by atoms with E-state index in [1.54, 1.807) is 12.1 Å². The minimum absolute atomic E-state index is 0.121. The van der Waals surface area contributed by atoms with Gasteiger partial charge in [0.15, 0.2) is 0 Å². The molecule has 0 heterocycles. The second-order valence-corrected chi connectivity index (χ2v) is 4.47. The van der Waals surface area contributed by atoms with Crippen molar-refractivity contribution in [1.29, 1.82) is 0 Å². The zero-order valence-electron chi connectivity index (χ0n) is 9.08. The highest BCUT2D eigenvalue weighted by Crippen LogP contribution is 2.26. The summed E-state index contributed by atoms with van der Waals surface area (Å²) in [6.45, 7) is 0. The summed E-state index contributed by atoms with van der Waals surface area (Å²) in [7, 11) is 0. The van der Waals surface area contributed by atoms with Crippen LogP contribution >= 0.6 is 0 Å². The van der Waals surface area contributed by atoms with Gasteiger partial charge in [-0.05, 0) is 36.5 Å². The van der Waals surface area contributed by atoms with Gasteiger partial charge in [-0.3, -0.25) is 0 Å². The lowest BCUT2D eigenvalue weighted by atomic mass is 9.85. The van der Waals surface area contributed by atoms with Gasteiger partial charge in [0.1, 0.15) is 5.82 Å². The van der Waals surface area contributed by atoms with Gasteiger partial charge >= 0.3 is 0 Å². The molecule has 2 rings (SSSR count). The fourth-order valence-electron chi connectivity index (χ4n) is 2.34. The second kappa shape index (κ2) is 5.29. The van der Waals surface area contributed by atoms with Crippen LogP contribution in [0.1, 0.15) is 37.7 Å². The average molecular weight is 205 g/mol. The summed E-state index contributed by atoms with van der Waals surface area (Å²) in [5.41, 5.74) is 1.10. The summed E-state index contributed by atoms with van der Waals surface area (Å²) in [5, 5.41) is 0. The molecule has 0 amide bonds. The average Bonchev–Trinajstić information content (AvgIpc) is 2.28.